The molecular weight excluding hydrogens is 282 g/mol. The van der Waals surface area contributed by atoms with E-state index < -0.39 is 0 Å². The van der Waals surface area contributed by atoms with E-state index >= 15 is 0 Å². The third kappa shape index (κ3) is 1.88. The number of nitrogens with zero attached hydrogens (tertiary/aromatic N) is 2. The minimum absolute atomic E-state index is 0.836. The van der Waals surface area contributed by atoms with Gasteiger partial charge in [0.05, 0.1) is 12.8 Å². The summed E-state index contributed by atoms with van der Waals surface area (Å²) >= 11 is 5.61. The molecule has 0 fully saturated rings. The van der Waals surface area contributed by atoms with Gasteiger partial charge in [0, 0.05) is 22.9 Å². The predicted molar refractivity (Wildman–Crippen MR) is 84.4 cm³/mol. The third-order valence-electron chi connectivity index (χ3n) is 4.03. The zero-order valence-corrected chi connectivity index (χ0v) is 12.5. The summed E-state index contributed by atoms with van der Waals surface area (Å²) < 4.78 is 8.19. The highest BCUT2D eigenvalue weighted by molar-refractivity contribution is 7.71. The van der Waals surface area contributed by atoms with E-state index in [0.29, 0.717) is 0 Å². The molecule has 0 saturated heterocycles. The number of fused-ring (bicyclic) bond motifs is 2. The Labute approximate surface area is 127 Å². The maximum Gasteiger partial charge on any atom is 0.155 e. The van der Waals surface area contributed by atoms with E-state index in [2.05, 4.69) is 5.10 Å². The van der Waals surface area contributed by atoms with Gasteiger partial charge in [0.25, 0.3) is 0 Å². The Balaban J connectivity index is 1.96. The van der Waals surface area contributed by atoms with Crippen LogP contribution in [0.1, 0.15) is 17.7 Å². The molecule has 1 aliphatic rings. The lowest BCUT2D eigenvalue weighted by molar-refractivity contribution is 0.416. The quantitative estimate of drug-likeness (QED) is 0.735. The Bertz CT molecular complexity index is 894. The van der Waals surface area contributed by atoms with Crippen molar-refractivity contribution in [3.05, 3.63) is 46.2 Å². The molecule has 0 aliphatic heterocycles. The highest BCUT2D eigenvalue weighted by atomic mass is 32.1. The number of para-hydroxylation sites is 1. The fourth-order valence-corrected chi connectivity index (χ4v) is 3.36. The van der Waals surface area contributed by atoms with Crippen molar-refractivity contribution >= 4 is 17.9 Å². The van der Waals surface area contributed by atoms with Gasteiger partial charge >= 0.3 is 0 Å². The summed E-state index contributed by atoms with van der Waals surface area (Å²) in [4.78, 5) is 4.74. The zero-order valence-electron chi connectivity index (χ0n) is 11.7. The number of benzene rings is 1. The molecule has 0 saturated carbocycles. The predicted octanol–water partition coefficient (Wildman–Crippen LogP) is 3.56. The monoisotopic (exact) mass is 297 g/mol. The number of aromatic amines is 1. The second-order valence-corrected chi connectivity index (χ2v) is 5.65. The number of aromatic nitrogens is 3. The van der Waals surface area contributed by atoms with Crippen molar-refractivity contribution in [2.45, 2.75) is 19.3 Å². The molecule has 0 atom stereocenters. The van der Waals surface area contributed by atoms with Gasteiger partial charge in [-0.25, -0.2) is 9.50 Å². The Morgan fingerprint density at radius 1 is 1.29 bits per heavy atom. The summed E-state index contributed by atoms with van der Waals surface area (Å²) in [6.07, 6.45) is 3.22. The van der Waals surface area contributed by atoms with Gasteiger partial charge in [0.2, 0.25) is 0 Å². The molecule has 0 unspecified atom stereocenters. The zero-order chi connectivity index (χ0) is 14.4. The summed E-state index contributed by atoms with van der Waals surface area (Å²) in [5.41, 5.74) is 5.23. The van der Waals surface area contributed by atoms with Crippen molar-refractivity contribution < 1.29 is 4.74 Å². The minimum atomic E-state index is 0.836. The molecule has 3 aromatic rings. The first-order valence-electron chi connectivity index (χ1n) is 7.05. The van der Waals surface area contributed by atoms with E-state index in [-0.39, 0.29) is 0 Å². The molecule has 2 aromatic heterocycles. The van der Waals surface area contributed by atoms with Crippen LogP contribution in [0.25, 0.3) is 16.9 Å². The van der Waals surface area contributed by atoms with E-state index in [1.165, 1.54) is 5.56 Å². The average molecular weight is 297 g/mol. The normalized spacial score (nSPS) is 13.6. The second kappa shape index (κ2) is 4.70. The fraction of sp³-hybridized carbons (Fsp3) is 0.250. The number of aryl methyl sites for hydroxylation is 1. The van der Waals surface area contributed by atoms with Crippen LogP contribution in [0.4, 0.5) is 0 Å². The van der Waals surface area contributed by atoms with Gasteiger partial charge in [-0.05, 0) is 31.4 Å². The number of hydrogen-bond acceptors (Lipinski definition) is 3. The lowest BCUT2D eigenvalue weighted by Crippen LogP contribution is -1.99. The molecule has 106 valence electrons. The van der Waals surface area contributed by atoms with Crippen LogP contribution < -0.4 is 4.74 Å². The molecule has 21 heavy (non-hydrogen) atoms. The van der Waals surface area contributed by atoms with Crippen LogP contribution in [0.15, 0.2) is 30.3 Å². The van der Waals surface area contributed by atoms with Gasteiger partial charge in [-0.15, -0.1) is 0 Å². The van der Waals surface area contributed by atoms with Crippen LogP contribution >= 0.6 is 12.2 Å². The largest absolute Gasteiger partial charge is 0.496 e. The van der Waals surface area contributed by atoms with Crippen LogP contribution in [-0.4, -0.2) is 21.7 Å². The summed E-state index contributed by atoms with van der Waals surface area (Å²) in [7, 11) is 1.68. The first-order chi connectivity index (χ1) is 10.3. The summed E-state index contributed by atoms with van der Waals surface area (Å²) in [6, 6.07) is 9.97. The molecule has 4 rings (SSSR count). The highest BCUT2D eigenvalue weighted by Crippen LogP contribution is 2.30. The van der Waals surface area contributed by atoms with Crippen LogP contribution in [0, 0.1) is 4.64 Å². The first kappa shape index (κ1) is 12.6. The van der Waals surface area contributed by atoms with E-state index in [0.717, 1.165) is 52.3 Å². The molecule has 1 N–H and O–H groups in total. The smallest absolute Gasteiger partial charge is 0.155 e. The van der Waals surface area contributed by atoms with E-state index in [4.69, 9.17) is 21.9 Å². The lowest BCUT2D eigenvalue weighted by Gasteiger charge is -2.05. The van der Waals surface area contributed by atoms with Gasteiger partial charge < -0.3 is 4.74 Å². The number of H-pyrrole nitrogens is 1. The van der Waals surface area contributed by atoms with Gasteiger partial charge in [-0.3, -0.25) is 5.10 Å². The Hall–Kier alpha value is -2.14. The van der Waals surface area contributed by atoms with Gasteiger partial charge in [0.15, 0.2) is 5.65 Å². The van der Waals surface area contributed by atoms with Crippen LogP contribution in [0.2, 0.25) is 0 Å². The maximum atomic E-state index is 5.61. The summed E-state index contributed by atoms with van der Waals surface area (Å²) in [5, 5.41) is 3.35. The van der Waals surface area contributed by atoms with E-state index in [1.807, 2.05) is 34.8 Å². The van der Waals surface area contributed by atoms with Crippen molar-refractivity contribution in [2.75, 3.05) is 7.11 Å². The van der Waals surface area contributed by atoms with E-state index in [9.17, 15) is 0 Å². The van der Waals surface area contributed by atoms with E-state index in [1.54, 1.807) is 7.11 Å². The van der Waals surface area contributed by atoms with Gasteiger partial charge in [0.1, 0.15) is 10.4 Å². The van der Waals surface area contributed by atoms with Crippen molar-refractivity contribution in [2.24, 2.45) is 0 Å². The lowest BCUT2D eigenvalue weighted by atomic mass is 10.1. The number of hydrogen-bond donors (Lipinski definition) is 1. The van der Waals surface area contributed by atoms with Gasteiger partial charge in [-0.2, -0.15) is 0 Å². The molecular formula is C16H15N3OS. The van der Waals surface area contributed by atoms with Crippen molar-refractivity contribution in [1.82, 2.24) is 14.6 Å². The van der Waals surface area contributed by atoms with Crippen molar-refractivity contribution in [3.63, 3.8) is 0 Å². The van der Waals surface area contributed by atoms with Crippen molar-refractivity contribution in [3.8, 4) is 17.0 Å². The highest BCUT2D eigenvalue weighted by Gasteiger charge is 2.18. The minimum Gasteiger partial charge on any atom is -0.496 e. The van der Waals surface area contributed by atoms with Crippen LogP contribution in [0.5, 0.6) is 5.75 Å². The molecule has 5 heteroatoms. The molecule has 1 aromatic carbocycles. The Kier molecular flexibility index (Phi) is 2.82. The molecule has 2 heterocycles. The number of rotatable bonds is 2. The molecule has 0 spiro atoms. The summed E-state index contributed by atoms with van der Waals surface area (Å²) in [6.45, 7) is 0. The van der Waals surface area contributed by atoms with Crippen molar-refractivity contribution in [1.29, 1.82) is 0 Å². The molecule has 1 aliphatic carbocycles. The topological polar surface area (TPSA) is 42.3 Å². The van der Waals surface area contributed by atoms with Crippen LogP contribution in [0.3, 0.4) is 0 Å². The standard InChI is InChI=1S/C16H15N3OS/c1-20-14-8-3-2-5-10(14)13-9-15-17-12-7-4-6-11(12)16(21)19(15)18-13/h2-3,5,8-9,18H,4,6-7H2,1H3. The molecule has 0 bridgehead atoms. The number of ether oxygens (including phenoxy) is 1. The summed E-state index contributed by atoms with van der Waals surface area (Å²) in [5.74, 6) is 0.836. The number of nitrogens with one attached hydrogen (secondary N) is 1. The fourth-order valence-electron chi connectivity index (χ4n) is 3.00. The maximum absolute atomic E-state index is 5.61. The first-order valence-corrected chi connectivity index (χ1v) is 7.45. The Morgan fingerprint density at radius 2 is 2.14 bits per heavy atom. The second-order valence-electron chi connectivity index (χ2n) is 5.26. The number of methoxy groups -OCH3 is 1. The Morgan fingerprint density at radius 3 is 3.00 bits per heavy atom. The van der Waals surface area contributed by atoms with Gasteiger partial charge in [-0.1, -0.05) is 24.4 Å². The molecule has 4 nitrogen and oxygen atoms in total. The molecule has 0 amide bonds. The SMILES string of the molecule is COc1ccccc1-c1cc2nc3c(c(=S)n2[nH]1)CCC3. The third-order valence-corrected chi connectivity index (χ3v) is 4.46. The molecule has 0 radical (unpaired) electrons. The average Bonchev–Trinajstić information content (AvgIpc) is 3.14. The van der Waals surface area contributed by atoms with Crippen LogP contribution in [-0.2, 0) is 12.8 Å².